The maximum Gasteiger partial charge on any atom is 0.235 e. The number of ether oxygens (including phenoxy) is 1. The van der Waals surface area contributed by atoms with Crippen molar-refractivity contribution in [2.24, 2.45) is 7.05 Å². The molecule has 1 fully saturated rings. The molecule has 158 valence electrons. The van der Waals surface area contributed by atoms with Crippen molar-refractivity contribution in [2.75, 3.05) is 17.7 Å². The van der Waals surface area contributed by atoms with Gasteiger partial charge in [-0.3, -0.25) is 14.6 Å². The van der Waals surface area contributed by atoms with Gasteiger partial charge < -0.3 is 15.4 Å². The number of anilines is 3. The SMILES string of the molecule is COc1ccc2c(c1)[C@]1(C[C@H]1c1ccc3c(Nc4cn(C)nc4C#N)n[nH]c3c1)C(=O)N2. The summed E-state index contributed by atoms with van der Waals surface area (Å²) in [6, 6.07) is 13.9. The highest BCUT2D eigenvalue weighted by Gasteiger charge is 2.65. The van der Waals surface area contributed by atoms with E-state index in [1.165, 1.54) is 0 Å². The average Bonchev–Trinajstić information content (AvgIpc) is 3.14. The van der Waals surface area contributed by atoms with Crippen LogP contribution < -0.4 is 15.4 Å². The zero-order valence-electron chi connectivity index (χ0n) is 17.4. The van der Waals surface area contributed by atoms with Crippen LogP contribution in [0, 0.1) is 11.3 Å². The van der Waals surface area contributed by atoms with Gasteiger partial charge in [0.1, 0.15) is 11.8 Å². The lowest BCUT2D eigenvalue weighted by molar-refractivity contribution is -0.118. The molecule has 1 spiro atoms. The number of aromatic amines is 1. The van der Waals surface area contributed by atoms with Crippen LogP contribution in [0.1, 0.15) is 29.2 Å². The van der Waals surface area contributed by atoms with Gasteiger partial charge >= 0.3 is 0 Å². The summed E-state index contributed by atoms with van der Waals surface area (Å²) in [6.45, 7) is 0. The summed E-state index contributed by atoms with van der Waals surface area (Å²) in [7, 11) is 3.39. The Bertz CT molecular complexity index is 1460. The quantitative estimate of drug-likeness (QED) is 0.461. The molecular weight excluding hydrogens is 406 g/mol. The first-order valence-electron chi connectivity index (χ1n) is 10.2. The Morgan fingerprint density at radius 3 is 3.00 bits per heavy atom. The van der Waals surface area contributed by atoms with Crippen molar-refractivity contribution in [3.8, 4) is 11.8 Å². The molecule has 1 aliphatic carbocycles. The molecule has 0 bridgehead atoms. The molecule has 3 heterocycles. The Balaban J connectivity index is 1.33. The Morgan fingerprint density at radius 2 is 2.19 bits per heavy atom. The van der Waals surface area contributed by atoms with Crippen molar-refractivity contribution in [3.05, 3.63) is 59.4 Å². The van der Waals surface area contributed by atoms with Crippen molar-refractivity contribution in [1.82, 2.24) is 20.0 Å². The number of H-pyrrole nitrogens is 1. The number of nitriles is 1. The molecule has 2 aromatic carbocycles. The molecule has 0 unspecified atom stereocenters. The highest BCUT2D eigenvalue weighted by molar-refractivity contribution is 6.10. The summed E-state index contributed by atoms with van der Waals surface area (Å²) in [5.41, 5.74) is 4.16. The Morgan fingerprint density at radius 1 is 1.31 bits per heavy atom. The fraction of sp³-hybridized carbons (Fsp3) is 0.217. The van der Waals surface area contributed by atoms with E-state index < -0.39 is 5.41 Å². The van der Waals surface area contributed by atoms with Gasteiger partial charge in [-0.05, 0) is 47.9 Å². The van der Waals surface area contributed by atoms with E-state index in [1.54, 1.807) is 25.0 Å². The number of carbonyl (C=O) groups excluding carboxylic acids is 1. The monoisotopic (exact) mass is 425 g/mol. The number of methoxy groups -OCH3 is 1. The third-order valence-corrected chi connectivity index (χ3v) is 6.50. The van der Waals surface area contributed by atoms with Gasteiger partial charge in [-0.1, -0.05) is 6.07 Å². The number of nitrogens with zero attached hydrogens (tertiary/aromatic N) is 4. The summed E-state index contributed by atoms with van der Waals surface area (Å²) >= 11 is 0. The topological polar surface area (TPSA) is 121 Å². The van der Waals surface area contributed by atoms with Crippen LogP contribution in [0.4, 0.5) is 17.2 Å². The van der Waals surface area contributed by atoms with E-state index in [0.29, 0.717) is 17.2 Å². The standard InChI is InChI=1S/C23H19N7O2/c1-30-11-20(19(10-24)29-30)25-21-14-5-3-12(7-18(14)27-28-21)16-9-23(16)15-8-13(32-2)4-6-17(15)26-22(23)31/h3-8,11,16H,9H2,1-2H3,(H,26,31)(H2,25,27,28)/t16-,23-/m0/s1. The molecule has 2 aliphatic rings. The van der Waals surface area contributed by atoms with Crippen molar-refractivity contribution in [3.63, 3.8) is 0 Å². The molecule has 4 aromatic rings. The molecule has 3 N–H and O–H groups in total. The molecule has 32 heavy (non-hydrogen) atoms. The van der Waals surface area contributed by atoms with Gasteiger partial charge in [0, 0.05) is 30.2 Å². The largest absolute Gasteiger partial charge is 0.497 e. The van der Waals surface area contributed by atoms with E-state index in [0.717, 1.165) is 39.9 Å². The van der Waals surface area contributed by atoms with Crippen molar-refractivity contribution in [1.29, 1.82) is 5.26 Å². The number of hydrogen-bond acceptors (Lipinski definition) is 6. The van der Waals surface area contributed by atoms with E-state index in [4.69, 9.17) is 4.74 Å². The maximum atomic E-state index is 12.9. The first-order valence-corrected chi connectivity index (χ1v) is 10.2. The van der Waals surface area contributed by atoms with Crippen LogP contribution in [0.25, 0.3) is 10.9 Å². The molecule has 1 aliphatic heterocycles. The average molecular weight is 425 g/mol. The summed E-state index contributed by atoms with van der Waals surface area (Å²) in [6.07, 6.45) is 2.50. The van der Waals surface area contributed by atoms with E-state index in [1.807, 2.05) is 36.4 Å². The van der Waals surface area contributed by atoms with Gasteiger partial charge in [-0.25, -0.2) is 0 Å². The second-order valence-corrected chi connectivity index (χ2v) is 8.27. The Labute approximate surface area is 183 Å². The number of fused-ring (bicyclic) bond motifs is 3. The first-order chi connectivity index (χ1) is 15.5. The third-order valence-electron chi connectivity index (χ3n) is 6.50. The molecule has 2 atom stereocenters. The number of amides is 1. The molecule has 6 rings (SSSR count). The fourth-order valence-electron chi connectivity index (χ4n) is 4.84. The lowest BCUT2D eigenvalue weighted by Gasteiger charge is -2.10. The summed E-state index contributed by atoms with van der Waals surface area (Å²) in [5.74, 6) is 1.49. The zero-order valence-corrected chi connectivity index (χ0v) is 17.4. The highest BCUT2D eigenvalue weighted by atomic mass is 16.5. The van der Waals surface area contributed by atoms with Crippen LogP contribution in [0.5, 0.6) is 5.75 Å². The fourth-order valence-corrected chi connectivity index (χ4v) is 4.84. The number of hydrogen-bond donors (Lipinski definition) is 3. The molecule has 1 saturated carbocycles. The van der Waals surface area contributed by atoms with Crippen molar-refractivity contribution in [2.45, 2.75) is 17.8 Å². The Kier molecular flexibility index (Phi) is 3.66. The smallest absolute Gasteiger partial charge is 0.235 e. The van der Waals surface area contributed by atoms with Gasteiger partial charge in [-0.15, -0.1) is 0 Å². The molecule has 9 heteroatoms. The first kappa shape index (κ1) is 18.4. The van der Waals surface area contributed by atoms with E-state index in [-0.39, 0.29) is 11.8 Å². The number of aryl methyl sites for hydroxylation is 1. The molecule has 0 saturated heterocycles. The minimum atomic E-state index is -0.546. The zero-order chi connectivity index (χ0) is 22.0. The molecule has 2 aromatic heterocycles. The number of rotatable bonds is 4. The van der Waals surface area contributed by atoms with Crippen LogP contribution in [-0.4, -0.2) is 33.0 Å². The summed E-state index contributed by atoms with van der Waals surface area (Å²) in [5, 5.41) is 27.9. The van der Waals surface area contributed by atoms with Crippen LogP contribution >= 0.6 is 0 Å². The molecular formula is C23H19N7O2. The van der Waals surface area contributed by atoms with Crippen molar-refractivity contribution >= 4 is 34.0 Å². The number of nitrogens with one attached hydrogen (secondary N) is 3. The third kappa shape index (κ3) is 2.46. The van der Waals surface area contributed by atoms with E-state index >= 15 is 0 Å². The van der Waals surface area contributed by atoms with Crippen molar-refractivity contribution < 1.29 is 9.53 Å². The van der Waals surface area contributed by atoms with Gasteiger partial charge in [0.25, 0.3) is 0 Å². The maximum absolute atomic E-state index is 12.9. The Hall–Kier alpha value is -4.32. The summed E-state index contributed by atoms with van der Waals surface area (Å²) < 4.78 is 6.96. The predicted molar refractivity (Wildman–Crippen MR) is 118 cm³/mol. The lowest BCUT2D eigenvalue weighted by atomic mass is 9.91. The van der Waals surface area contributed by atoms with Crippen LogP contribution in [0.3, 0.4) is 0 Å². The minimum absolute atomic E-state index is 0.0402. The highest BCUT2D eigenvalue weighted by Crippen LogP contribution is 2.65. The predicted octanol–water partition coefficient (Wildman–Crippen LogP) is 3.30. The second-order valence-electron chi connectivity index (χ2n) is 8.27. The van der Waals surface area contributed by atoms with Crippen LogP contribution in [0.2, 0.25) is 0 Å². The second kappa shape index (κ2) is 6.34. The van der Waals surface area contributed by atoms with Gasteiger partial charge in [-0.2, -0.15) is 15.5 Å². The molecule has 1 amide bonds. The van der Waals surface area contributed by atoms with Gasteiger partial charge in [0.2, 0.25) is 5.91 Å². The van der Waals surface area contributed by atoms with Gasteiger partial charge in [0.15, 0.2) is 11.5 Å². The summed E-state index contributed by atoms with van der Waals surface area (Å²) in [4.78, 5) is 12.9. The number of carbonyl (C=O) groups is 1. The minimum Gasteiger partial charge on any atom is -0.497 e. The molecule has 0 radical (unpaired) electrons. The van der Waals surface area contributed by atoms with E-state index in [9.17, 15) is 10.1 Å². The van der Waals surface area contributed by atoms with Crippen LogP contribution in [0.15, 0.2) is 42.6 Å². The van der Waals surface area contributed by atoms with E-state index in [2.05, 4.69) is 32.0 Å². The van der Waals surface area contributed by atoms with Crippen LogP contribution in [-0.2, 0) is 17.3 Å². The van der Waals surface area contributed by atoms with Gasteiger partial charge in [0.05, 0.1) is 23.7 Å². The lowest BCUT2D eigenvalue weighted by Crippen LogP contribution is -2.21. The normalized spacial score (nSPS) is 20.8. The number of benzene rings is 2. The number of aromatic nitrogens is 4. The molecule has 9 nitrogen and oxygen atoms in total.